The van der Waals surface area contributed by atoms with Crippen molar-refractivity contribution in [3.8, 4) is 16.9 Å². The Bertz CT molecular complexity index is 4990. The third-order valence-electron chi connectivity index (χ3n) is 16.0. The molecule has 0 unspecified atom stereocenters. The lowest BCUT2D eigenvalue weighted by Crippen LogP contribution is -2.48. The van der Waals surface area contributed by atoms with Gasteiger partial charge in [-0.15, -0.1) is 0 Å². The van der Waals surface area contributed by atoms with Crippen LogP contribution in [-0.2, 0) is 43.7 Å². The zero-order chi connectivity index (χ0) is 66.4. The van der Waals surface area contributed by atoms with Gasteiger partial charge in [0.15, 0.2) is 0 Å². The molecule has 7 N–H and O–H groups in total. The molecule has 8 aromatic carbocycles. The summed E-state index contributed by atoms with van der Waals surface area (Å²) in [4.78, 5) is 4.47. The van der Waals surface area contributed by atoms with Crippen LogP contribution < -0.4 is 29.9 Å². The number of nitrogens with one attached hydrogen (secondary N) is 7. The van der Waals surface area contributed by atoms with Crippen molar-refractivity contribution in [3.63, 3.8) is 0 Å². The van der Waals surface area contributed by atoms with E-state index in [9.17, 15) is 25.3 Å². The Morgan fingerprint density at radius 2 is 0.979 bits per heavy atom. The van der Waals surface area contributed by atoms with E-state index in [1.807, 2.05) is 152 Å². The van der Waals surface area contributed by atoms with Crippen molar-refractivity contribution in [2.45, 2.75) is 6.54 Å². The van der Waals surface area contributed by atoms with E-state index in [0.29, 0.717) is 58.1 Å². The number of piperazine rings is 2. The van der Waals surface area contributed by atoms with E-state index in [-0.39, 0.29) is 13.2 Å². The molecule has 0 amide bonds. The van der Waals surface area contributed by atoms with E-state index in [1.54, 1.807) is 6.20 Å². The number of rotatable bonds is 15. The SMILES string of the molecule is CS(=O)(=O)N1CCN(c2cc(-c3ccccc3)cc3[nH]ncc23)CC1.CS(=O)(=O)NCCOc1cccc2[nH]ncc12.Cn1ncc2cccc(N3CCN(S(C)(=O)=O)CC3)c21.c1ccc(CNc2cccc3[nH]ncc23)cc1.c1ccc(Nc2cccc3[nH]ncc23)cc1. The summed E-state index contributed by atoms with van der Waals surface area (Å²) in [5.41, 5.74) is 14.1. The zero-order valence-corrected chi connectivity index (χ0v) is 55.4. The molecule has 2 saturated heterocycles. The maximum Gasteiger partial charge on any atom is 0.211 e. The average Bonchev–Trinajstić information content (AvgIpc) is 1.77. The molecule has 5 aromatic heterocycles. The lowest BCUT2D eigenvalue weighted by Gasteiger charge is -2.35. The summed E-state index contributed by atoms with van der Waals surface area (Å²) in [6, 6.07) is 58.8. The van der Waals surface area contributed by atoms with Crippen molar-refractivity contribution >= 4 is 113 Å². The van der Waals surface area contributed by atoms with Crippen LogP contribution in [0.3, 0.4) is 0 Å². The zero-order valence-electron chi connectivity index (χ0n) is 53.0. The van der Waals surface area contributed by atoms with Crippen LogP contribution in [0.15, 0.2) is 207 Å². The van der Waals surface area contributed by atoms with Gasteiger partial charge in [0, 0.05) is 117 Å². The normalized spacial score (nSPS) is 13.9. The number of sulfonamides is 3. The Kier molecular flexibility index (Phi) is 21.1. The maximum absolute atomic E-state index is 11.7. The van der Waals surface area contributed by atoms with Crippen molar-refractivity contribution in [2.24, 2.45) is 7.05 Å². The fourth-order valence-electron chi connectivity index (χ4n) is 11.2. The van der Waals surface area contributed by atoms with Crippen LogP contribution in [-0.4, -0.2) is 169 Å². The van der Waals surface area contributed by atoms with Crippen LogP contribution in [0, 0.1) is 0 Å². The molecule has 0 atom stereocenters. The van der Waals surface area contributed by atoms with E-state index in [4.69, 9.17) is 4.74 Å². The van der Waals surface area contributed by atoms with Crippen molar-refractivity contribution in [2.75, 3.05) is 105 Å². The quantitative estimate of drug-likeness (QED) is 0.0470. The standard InChI is InChI=1S/C18H20N4O2S.C14H13N3.C13H18N4O2S.C13H11N3.C10H13N3O3S/c1-25(23,24)22-9-7-21(8-10-22)18-12-15(14-5-3-2-4-6-14)11-17-16(18)13-19-20-17;1-2-5-11(6-3-1)9-15-13-7-4-8-14-12(13)10-16-17-14;1-15-13-11(10-14-15)4-3-5-12(13)16-6-8-17(9-7-16)20(2,18)19;1-2-5-10(6-3-1)15-12-7-4-8-13-11(12)9-14-16-13;1-17(14,15)12-5-6-16-10-4-2-3-9-8(10)7-11-13-9/h2-6,11-13H,7-10H2,1H3,(H,19,20);1-8,10,15H,9H2,(H,16,17);3-5,10H,6-9H2,1-2H3;1-9,15H,(H,14,16);2-4,7,12H,5-6H2,1H3,(H,11,13). The van der Waals surface area contributed by atoms with Crippen LogP contribution >= 0.6 is 0 Å². The second-order valence-electron chi connectivity index (χ2n) is 22.7. The molecule has 2 aliphatic heterocycles. The molecule has 95 heavy (non-hydrogen) atoms. The number of fused-ring (bicyclic) bond motifs is 5. The van der Waals surface area contributed by atoms with Crippen molar-refractivity contribution in [3.05, 3.63) is 212 Å². The van der Waals surface area contributed by atoms with E-state index < -0.39 is 30.1 Å². The van der Waals surface area contributed by atoms with Gasteiger partial charge in [0.05, 0.1) is 88.4 Å². The van der Waals surface area contributed by atoms with Crippen LogP contribution in [0.25, 0.3) is 65.6 Å². The molecule has 2 fully saturated rings. The van der Waals surface area contributed by atoms with Crippen LogP contribution in [0.1, 0.15) is 5.56 Å². The molecule has 2 aliphatic rings. The average molecular weight is 1340 g/mol. The molecular formula is C68H75N17O7S3. The van der Waals surface area contributed by atoms with Gasteiger partial charge in [-0.3, -0.25) is 25.1 Å². The van der Waals surface area contributed by atoms with Crippen molar-refractivity contribution in [1.82, 2.24) is 63.9 Å². The van der Waals surface area contributed by atoms with E-state index in [2.05, 4.69) is 132 Å². The summed E-state index contributed by atoms with van der Waals surface area (Å²) in [5, 5.41) is 44.4. The van der Waals surface area contributed by atoms with Gasteiger partial charge in [0.1, 0.15) is 12.4 Å². The summed E-state index contributed by atoms with van der Waals surface area (Å²) in [6.07, 6.45) is 12.7. The number of benzene rings is 8. The number of aromatic nitrogens is 10. The minimum atomic E-state index is -3.16. The highest BCUT2D eigenvalue weighted by Crippen LogP contribution is 2.34. The topological polar surface area (TPSA) is 293 Å². The summed E-state index contributed by atoms with van der Waals surface area (Å²) in [6.45, 7) is 6.18. The number of hydrogen-bond donors (Lipinski definition) is 7. The Hall–Kier alpha value is -10.2. The number of ether oxygens (including phenoxy) is 1. The number of nitrogens with zero attached hydrogens (tertiary/aromatic N) is 10. The van der Waals surface area contributed by atoms with E-state index in [1.165, 1.54) is 26.7 Å². The van der Waals surface area contributed by atoms with Crippen molar-refractivity contribution in [1.29, 1.82) is 0 Å². The molecule has 27 heteroatoms. The number of anilines is 5. The fourth-order valence-corrected chi connectivity index (χ4v) is 13.3. The second-order valence-corrected chi connectivity index (χ2v) is 28.5. The van der Waals surface area contributed by atoms with Gasteiger partial charge in [-0.05, 0) is 83.4 Å². The molecule has 15 rings (SSSR count). The summed E-state index contributed by atoms with van der Waals surface area (Å²) in [7, 11) is -7.44. The summed E-state index contributed by atoms with van der Waals surface area (Å²) < 4.78 is 81.0. The first-order valence-electron chi connectivity index (χ1n) is 30.7. The van der Waals surface area contributed by atoms with Crippen molar-refractivity contribution < 1.29 is 30.0 Å². The molecule has 7 heterocycles. The fraction of sp³-hybridized carbons (Fsp3) is 0.221. The molecule has 24 nitrogen and oxygen atoms in total. The Morgan fingerprint density at radius 1 is 0.474 bits per heavy atom. The van der Waals surface area contributed by atoms with Gasteiger partial charge in [-0.2, -0.15) is 34.1 Å². The number of H-pyrrole nitrogens is 4. The molecule has 0 radical (unpaired) electrons. The van der Waals surface area contributed by atoms with Gasteiger partial charge in [-0.1, -0.05) is 109 Å². The highest BCUT2D eigenvalue weighted by molar-refractivity contribution is 7.89. The van der Waals surface area contributed by atoms with Crippen LogP contribution in [0.4, 0.5) is 28.4 Å². The van der Waals surface area contributed by atoms with E-state index in [0.717, 1.165) is 107 Å². The van der Waals surface area contributed by atoms with Gasteiger partial charge in [-0.25, -0.2) is 30.0 Å². The van der Waals surface area contributed by atoms with Gasteiger partial charge in [0.2, 0.25) is 30.1 Å². The van der Waals surface area contributed by atoms with Crippen LogP contribution in [0.2, 0.25) is 0 Å². The number of aromatic amines is 4. The number of para-hydroxylation sites is 2. The minimum Gasteiger partial charge on any atom is -0.491 e. The van der Waals surface area contributed by atoms with Gasteiger partial charge < -0.3 is 25.2 Å². The first kappa shape index (κ1) is 66.3. The van der Waals surface area contributed by atoms with Crippen LogP contribution in [0.5, 0.6) is 5.75 Å². The minimum absolute atomic E-state index is 0.243. The number of aryl methyl sites for hydroxylation is 1. The molecule has 0 bridgehead atoms. The Balaban J connectivity index is 0.000000122. The maximum atomic E-state index is 11.7. The highest BCUT2D eigenvalue weighted by atomic mass is 32.2. The highest BCUT2D eigenvalue weighted by Gasteiger charge is 2.27. The molecule has 0 aliphatic carbocycles. The van der Waals surface area contributed by atoms with E-state index >= 15 is 0 Å². The predicted molar refractivity (Wildman–Crippen MR) is 380 cm³/mol. The predicted octanol–water partition coefficient (Wildman–Crippen LogP) is 9.94. The smallest absolute Gasteiger partial charge is 0.211 e. The van der Waals surface area contributed by atoms with Gasteiger partial charge >= 0.3 is 0 Å². The van der Waals surface area contributed by atoms with Gasteiger partial charge in [0.25, 0.3) is 0 Å². The Labute approximate surface area is 551 Å². The second kappa shape index (κ2) is 30.3. The molecular weight excluding hydrogens is 1260 g/mol. The molecule has 492 valence electrons. The molecule has 0 spiro atoms. The lowest BCUT2D eigenvalue weighted by atomic mass is 10.0. The largest absolute Gasteiger partial charge is 0.491 e. The molecule has 0 saturated carbocycles. The first-order valence-corrected chi connectivity index (χ1v) is 36.3. The first-order chi connectivity index (χ1) is 45.9. The lowest BCUT2D eigenvalue weighted by molar-refractivity contribution is 0.326. The summed E-state index contributed by atoms with van der Waals surface area (Å²) in [5.74, 6) is 0.687. The third-order valence-corrected chi connectivity index (χ3v) is 19.3. The summed E-state index contributed by atoms with van der Waals surface area (Å²) >= 11 is 0. The molecule has 13 aromatic rings. The number of hydrogen-bond acceptors (Lipinski definition) is 16. The third kappa shape index (κ3) is 17.4. The Morgan fingerprint density at radius 3 is 1.58 bits per heavy atom. The monoisotopic (exact) mass is 1340 g/mol.